The lowest BCUT2D eigenvalue weighted by atomic mass is 10.0. The van der Waals surface area contributed by atoms with Gasteiger partial charge in [0.1, 0.15) is 0 Å². The van der Waals surface area contributed by atoms with Crippen LogP contribution in [0.15, 0.2) is 0 Å². The molecule has 3 heteroatoms. The van der Waals surface area contributed by atoms with E-state index in [4.69, 9.17) is 0 Å². The van der Waals surface area contributed by atoms with Crippen LogP contribution in [-0.2, 0) is 4.79 Å². The predicted molar refractivity (Wildman–Crippen MR) is 69.9 cm³/mol. The SMILES string of the molecule is CCCNC1CCCN(CCCC2CC2)C1=O. The molecule has 2 fully saturated rings. The van der Waals surface area contributed by atoms with Gasteiger partial charge in [-0.15, -0.1) is 0 Å². The van der Waals surface area contributed by atoms with Crippen molar-refractivity contribution in [2.75, 3.05) is 19.6 Å². The van der Waals surface area contributed by atoms with Gasteiger partial charge in [0.25, 0.3) is 0 Å². The molecule has 0 aromatic carbocycles. The quantitative estimate of drug-likeness (QED) is 0.737. The van der Waals surface area contributed by atoms with Gasteiger partial charge in [-0.3, -0.25) is 4.79 Å². The Kier molecular flexibility index (Phi) is 4.84. The molecule has 1 aliphatic heterocycles. The second kappa shape index (κ2) is 6.39. The number of hydrogen-bond acceptors (Lipinski definition) is 2. The van der Waals surface area contributed by atoms with Gasteiger partial charge < -0.3 is 10.2 Å². The minimum atomic E-state index is 0.102. The molecule has 1 heterocycles. The molecule has 0 aromatic rings. The zero-order valence-electron chi connectivity index (χ0n) is 11.1. The van der Waals surface area contributed by atoms with Crippen LogP contribution in [0.3, 0.4) is 0 Å². The molecule has 0 radical (unpaired) electrons. The Bertz CT molecular complexity index is 251. The van der Waals surface area contributed by atoms with Gasteiger partial charge in [-0.05, 0) is 44.6 Å². The van der Waals surface area contributed by atoms with Crippen LogP contribution in [0, 0.1) is 5.92 Å². The molecule has 0 spiro atoms. The average molecular weight is 238 g/mol. The van der Waals surface area contributed by atoms with Crippen LogP contribution in [0.4, 0.5) is 0 Å². The van der Waals surface area contributed by atoms with Crippen molar-refractivity contribution < 1.29 is 4.79 Å². The van der Waals surface area contributed by atoms with Crippen molar-refractivity contribution >= 4 is 5.91 Å². The number of carbonyl (C=O) groups excluding carboxylic acids is 1. The van der Waals surface area contributed by atoms with Crippen molar-refractivity contribution in [2.24, 2.45) is 5.92 Å². The van der Waals surface area contributed by atoms with Crippen LogP contribution >= 0.6 is 0 Å². The highest BCUT2D eigenvalue weighted by atomic mass is 16.2. The normalized spacial score (nSPS) is 25.4. The fourth-order valence-corrected chi connectivity index (χ4v) is 2.65. The van der Waals surface area contributed by atoms with Crippen LogP contribution < -0.4 is 5.32 Å². The third kappa shape index (κ3) is 3.98. The summed E-state index contributed by atoms with van der Waals surface area (Å²) >= 11 is 0. The van der Waals surface area contributed by atoms with Crippen molar-refractivity contribution in [2.45, 2.75) is 57.9 Å². The molecule has 1 N–H and O–H groups in total. The van der Waals surface area contributed by atoms with E-state index >= 15 is 0 Å². The predicted octanol–water partition coefficient (Wildman–Crippen LogP) is 2.17. The van der Waals surface area contributed by atoms with Gasteiger partial charge in [-0.1, -0.05) is 19.8 Å². The summed E-state index contributed by atoms with van der Waals surface area (Å²) in [5.74, 6) is 1.34. The van der Waals surface area contributed by atoms with E-state index in [0.29, 0.717) is 5.91 Å². The van der Waals surface area contributed by atoms with E-state index in [1.807, 2.05) is 0 Å². The van der Waals surface area contributed by atoms with E-state index in [2.05, 4.69) is 17.1 Å². The molecule has 1 aliphatic carbocycles. The number of nitrogens with one attached hydrogen (secondary N) is 1. The van der Waals surface area contributed by atoms with Crippen molar-refractivity contribution in [1.82, 2.24) is 10.2 Å². The van der Waals surface area contributed by atoms with Gasteiger partial charge in [-0.25, -0.2) is 0 Å². The monoisotopic (exact) mass is 238 g/mol. The number of amides is 1. The van der Waals surface area contributed by atoms with E-state index in [-0.39, 0.29) is 6.04 Å². The molecular formula is C14H26N2O. The molecule has 1 amide bonds. The molecular weight excluding hydrogens is 212 g/mol. The van der Waals surface area contributed by atoms with Crippen LogP contribution in [-0.4, -0.2) is 36.5 Å². The van der Waals surface area contributed by atoms with Gasteiger partial charge in [0.05, 0.1) is 6.04 Å². The Morgan fingerprint density at radius 2 is 2.18 bits per heavy atom. The van der Waals surface area contributed by atoms with E-state index in [0.717, 1.165) is 44.8 Å². The highest BCUT2D eigenvalue weighted by Gasteiger charge is 2.28. The molecule has 1 saturated heterocycles. The van der Waals surface area contributed by atoms with Crippen molar-refractivity contribution in [3.63, 3.8) is 0 Å². The van der Waals surface area contributed by atoms with Crippen molar-refractivity contribution in [3.05, 3.63) is 0 Å². The molecule has 1 unspecified atom stereocenters. The second-order valence-corrected chi connectivity index (χ2v) is 5.56. The van der Waals surface area contributed by atoms with Gasteiger partial charge in [0.2, 0.25) is 5.91 Å². The zero-order valence-corrected chi connectivity index (χ0v) is 11.1. The molecule has 2 aliphatic rings. The largest absolute Gasteiger partial charge is 0.341 e. The molecule has 0 bridgehead atoms. The Morgan fingerprint density at radius 1 is 1.35 bits per heavy atom. The Balaban J connectivity index is 1.70. The minimum absolute atomic E-state index is 0.102. The van der Waals surface area contributed by atoms with E-state index in [1.54, 1.807) is 0 Å². The van der Waals surface area contributed by atoms with Gasteiger partial charge in [0, 0.05) is 13.1 Å². The average Bonchev–Trinajstić information content (AvgIpc) is 3.14. The molecule has 17 heavy (non-hydrogen) atoms. The lowest BCUT2D eigenvalue weighted by molar-refractivity contribution is -0.136. The lowest BCUT2D eigenvalue weighted by Crippen LogP contribution is -2.51. The van der Waals surface area contributed by atoms with Crippen molar-refractivity contribution in [3.8, 4) is 0 Å². The first-order chi connectivity index (χ1) is 8.31. The first kappa shape index (κ1) is 12.9. The maximum absolute atomic E-state index is 12.2. The number of rotatable bonds is 7. The summed E-state index contributed by atoms with van der Waals surface area (Å²) in [6, 6.07) is 0.102. The number of carbonyl (C=O) groups is 1. The Hall–Kier alpha value is -0.570. The van der Waals surface area contributed by atoms with Gasteiger partial charge in [-0.2, -0.15) is 0 Å². The zero-order chi connectivity index (χ0) is 12.1. The minimum Gasteiger partial charge on any atom is -0.341 e. The van der Waals surface area contributed by atoms with Crippen LogP contribution in [0.5, 0.6) is 0 Å². The molecule has 1 saturated carbocycles. The summed E-state index contributed by atoms with van der Waals surface area (Å²) in [5.41, 5.74) is 0. The summed E-state index contributed by atoms with van der Waals surface area (Å²) in [5, 5.41) is 3.37. The number of piperidine rings is 1. The maximum Gasteiger partial charge on any atom is 0.239 e. The first-order valence-electron chi connectivity index (χ1n) is 7.33. The summed E-state index contributed by atoms with van der Waals surface area (Å²) in [6.07, 6.45) is 8.68. The molecule has 1 atom stereocenters. The maximum atomic E-state index is 12.2. The fraction of sp³-hybridized carbons (Fsp3) is 0.929. The number of nitrogens with zero attached hydrogens (tertiary/aromatic N) is 1. The number of hydrogen-bond donors (Lipinski definition) is 1. The summed E-state index contributed by atoms with van der Waals surface area (Å²) < 4.78 is 0. The molecule has 2 rings (SSSR count). The van der Waals surface area contributed by atoms with Gasteiger partial charge in [0.15, 0.2) is 0 Å². The van der Waals surface area contributed by atoms with E-state index < -0.39 is 0 Å². The Labute approximate surface area is 105 Å². The van der Waals surface area contributed by atoms with Crippen LogP contribution in [0.1, 0.15) is 51.9 Å². The first-order valence-corrected chi connectivity index (χ1v) is 7.33. The molecule has 3 nitrogen and oxygen atoms in total. The van der Waals surface area contributed by atoms with Crippen LogP contribution in [0.25, 0.3) is 0 Å². The fourth-order valence-electron chi connectivity index (χ4n) is 2.65. The van der Waals surface area contributed by atoms with E-state index in [1.165, 1.54) is 25.7 Å². The highest BCUT2D eigenvalue weighted by Crippen LogP contribution is 2.33. The number of likely N-dealkylation sites (tertiary alicyclic amines) is 1. The topological polar surface area (TPSA) is 32.3 Å². The highest BCUT2D eigenvalue weighted by molar-refractivity contribution is 5.82. The van der Waals surface area contributed by atoms with E-state index in [9.17, 15) is 4.79 Å². The third-order valence-corrected chi connectivity index (χ3v) is 3.91. The summed E-state index contributed by atoms with van der Waals surface area (Å²) in [4.78, 5) is 14.3. The summed E-state index contributed by atoms with van der Waals surface area (Å²) in [6.45, 7) is 5.08. The molecule has 0 aromatic heterocycles. The van der Waals surface area contributed by atoms with Gasteiger partial charge >= 0.3 is 0 Å². The van der Waals surface area contributed by atoms with Crippen LogP contribution in [0.2, 0.25) is 0 Å². The second-order valence-electron chi connectivity index (χ2n) is 5.56. The molecule has 98 valence electrons. The Morgan fingerprint density at radius 3 is 2.88 bits per heavy atom. The third-order valence-electron chi connectivity index (χ3n) is 3.91. The summed E-state index contributed by atoms with van der Waals surface area (Å²) in [7, 11) is 0. The smallest absolute Gasteiger partial charge is 0.239 e. The standard InChI is InChI=1S/C14H26N2O/c1-2-9-15-13-6-4-11-16(14(13)17)10-3-5-12-7-8-12/h12-13,15H,2-11H2,1H3. The lowest BCUT2D eigenvalue weighted by Gasteiger charge is -2.32. The van der Waals surface area contributed by atoms with Crippen molar-refractivity contribution in [1.29, 1.82) is 0 Å².